The summed E-state index contributed by atoms with van der Waals surface area (Å²) in [6.45, 7) is 6.69. The highest BCUT2D eigenvalue weighted by molar-refractivity contribution is 6.26. The molecule has 1 saturated heterocycles. The first-order valence-electron chi connectivity index (χ1n) is 10.0. The zero-order chi connectivity index (χ0) is 21.6. The van der Waals surface area contributed by atoms with Gasteiger partial charge in [0.1, 0.15) is 18.1 Å². The summed E-state index contributed by atoms with van der Waals surface area (Å²) in [7, 11) is 1.23. The smallest absolute Gasteiger partial charge is 0.339 e. The molecule has 9 heteroatoms. The third-order valence-electron chi connectivity index (χ3n) is 4.27. The average Bonchev–Trinajstić information content (AvgIpc) is 2.73. The van der Waals surface area contributed by atoms with Gasteiger partial charge in [-0.3, -0.25) is 4.79 Å². The van der Waals surface area contributed by atoms with Crippen molar-refractivity contribution in [2.45, 2.75) is 77.2 Å². The highest BCUT2D eigenvalue weighted by atomic mass is 35.5. The van der Waals surface area contributed by atoms with E-state index in [0.29, 0.717) is 13.2 Å². The summed E-state index contributed by atoms with van der Waals surface area (Å²) >= 11 is 5.61. The van der Waals surface area contributed by atoms with Crippen molar-refractivity contribution < 1.29 is 38.0 Å². The summed E-state index contributed by atoms with van der Waals surface area (Å²) in [6.07, 6.45) is 1.82. The second-order valence-electron chi connectivity index (χ2n) is 6.52. The lowest BCUT2D eigenvalue weighted by Gasteiger charge is -2.43. The van der Waals surface area contributed by atoms with E-state index in [-0.39, 0.29) is 5.88 Å². The highest BCUT2D eigenvalue weighted by Gasteiger charge is 2.53. The number of carbonyl (C=O) groups excluding carboxylic acids is 2. The van der Waals surface area contributed by atoms with Crippen molar-refractivity contribution >= 4 is 23.5 Å². The molecule has 0 aliphatic carbocycles. The molecule has 0 N–H and O–H groups in total. The number of allylic oxidation sites excluding steroid dienone is 1. The van der Waals surface area contributed by atoms with E-state index in [1.54, 1.807) is 13.0 Å². The molecule has 1 heterocycles. The largest absolute Gasteiger partial charge is 0.470 e. The Kier molecular flexibility index (Phi) is 12.9. The van der Waals surface area contributed by atoms with Gasteiger partial charge < -0.3 is 28.4 Å². The predicted molar refractivity (Wildman–Crippen MR) is 106 cm³/mol. The Balaban J connectivity index is 3.23. The van der Waals surface area contributed by atoms with Gasteiger partial charge in [0.15, 0.2) is 12.2 Å². The number of ether oxygens (including phenoxy) is 6. The van der Waals surface area contributed by atoms with Crippen molar-refractivity contribution in [3.8, 4) is 0 Å². The number of esters is 2. The maximum atomic E-state index is 12.4. The van der Waals surface area contributed by atoms with Gasteiger partial charge in [-0.15, -0.1) is 11.6 Å². The predicted octanol–water partition coefficient (Wildman–Crippen LogP) is 2.96. The van der Waals surface area contributed by atoms with E-state index in [4.69, 9.17) is 40.0 Å². The van der Waals surface area contributed by atoms with Crippen molar-refractivity contribution in [1.82, 2.24) is 0 Å². The first kappa shape index (κ1) is 25.7. The molecular formula is C20H33ClO8. The molecule has 8 nitrogen and oxygen atoms in total. The van der Waals surface area contributed by atoms with Crippen LogP contribution in [0.2, 0.25) is 0 Å². The lowest BCUT2D eigenvalue weighted by Crippen LogP contribution is -2.63. The Morgan fingerprint density at radius 2 is 1.66 bits per heavy atom. The van der Waals surface area contributed by atoms with Crippen LogP contribution in [0, 0.1) is 0 Å². The molecule has 1 fully saturated rings. The molecule has 0 spiro atoms. The third kappa shape index (κ3) is 8.12. The summed E-state index contributed by atoms with van der Waals surface area (Å²) in [4.78, 5) is 24.3. The van der Waals surface area contributed by atoms with E-state index in [2.05, 4.69) is 0 Å². The van der Waals surface area contributed by atoms with Crippen LogP contribution < -0.4 is 0 Å². The molecule has 0 bridgehead atoms. The van der Waals surface area contributed by atoms with Gasteiger partial charge in [0.05, 0.1) is 13.4 Å². The molecule has 29 heavy (non-hydrogen) atoms. The number of methoxy groups -OCH3 is 1. The third-order valence-corrected chi connectivity index (χ3v) is 4.49. The lowest BCUT2D eigenvalue weighted by atomic mass is 9.97. The first-order valence-corrected chi connectivity index (χ1v) is 10.6. The van der Waals surface area contributed by atoms with Crippen LogP contribution in [0.5, 0.6) is 0 Å². The zero-order valence-corrected chi connectivity index (χ0v) is 18.4. The summed E-state index contributed by atoms with van der Waals surface area (Å²) in [6, 6.07) is 0. The minimum atomic E-state index is -1.24. The maximum absolute atomic E-state index is 12.4. The average molecular weight is 437 g/mol. The first-order chi connectivity index (χ1) is 14.0. The van der Waals surface area contributed by atoms with Crippen LogP contribution in [0.1, 0.15) is 46.5 Å². The van der Waals surface area contributed by atoms with Crippen LogP contribution in [0.4, 0.5) is 0 Å². The van der Waals surface area contributed by atoms with E-state index in [9.17, 15) is 9.59 Å². The molecule has 0 radical (unpaired) electrons. The van der Waals surface area contributed by atoms with Gasteiger partial charge in [-0.25, -0.2) is 4.79 Å². The SMILES string of the molecule is C/C=C/O[C@@H]1OC(C(=O)OC)[C@@H](OC(=O)CCl)[C@H](OCCCC)C1OCCCC. The molecule has 0 aromatic carbocycles. The van der Waals surface area contributed by atoms with Crippen LogP contribution >= 0.6 is 11.6 Å². The minimum absolute atomic E-state index is 0.369. The zero-order valence-electron chi connectivity index (χ0n) is 17.6. The van der Waals surface area contributed by atoms with E-state index >= 15 is 0 Å². The van der Waals surface area contributed by atoms with E-state index in [0.717, 1.165) is 25.7 Å². The van der Waals surface area contributed by atoms with Crippen LogP contribution in [0.3, 0.4) is 0 Å². The topological polar surface area (TPSA) is 89.5 Å². The summed E-state index contributed by atoms with van der Waals surface area (Å²) in [5, 5.41) is 0. The Bertz CT molecular complexity index is 513. The highest BCUT2D eigenvalue weighted by Crippen LogP contribution is 2.30. The quantitative estimate of drug-likeness (QED) is 0.188. The fourth-order valence-electron chi connectivity index (χ4n) is 2.79. The summed E-state index contributed by atoms with van der Waals surface area (Å²) in [5.74, 6) is -1.77. The molecule has 2 unspecified atom stereocenters. The Hall–Kier alpha value is -1.35. The van der Waals surface area contributed by atoms with Crippen LogP contribution in [0.25, 0.3) is 0 Å². The number of rotatable bonds is 13. The molecule has 168 valence electrons. The number of alkyl halides is 1. The molecule has 1 aliphatic heterocycles. The van der Waals surface area contributed by atoms with E-state index in [1.165, 1.54) is 13.4 Å². The van der Waals surface area contributed by atoms with Crippen LogP contribution in [-0.4, -0.2) is 68.8 Å². The monoisotopic (exact) mass is 436 g/mol. The fourth-order valence-corrected chi connectivity index (χ4v) is 2.85. The molecule has 1 rings (SSSR count). The van der Waals surface area contributed by atoms with Gasteiger partial charge in [0, 0.05) is 13.2 Å². The molecule has 0 amide bonds. The maximum Gasteiger partial charge on any atom is 0.339 e. The fraction of sp³-hybridized carbons (Fsp3) is 0.800. The van der Waals surface area contributed by atoms with E-state index < -0.39 is 42.6 Å². The second kappa shape index (κ2) is 14.6. The Morgan fingerprint density at radius 1 is 1.03 bits per heavy atom. The molecule has 0 aromatic heterocycles. The van der Waals surface area contributed by atoms with Crippen LogP contribution in [-0.2, 0) is 38.0 Å². The normalized spacial score (nSPS) is 27.0. The Labute approximate surface area is 177 Å². The van der Waals surface area contributed by atoms with Gasteiger partial charge >= 0.3 is 11.9 Å². The van der Waals surface area contributed by atoms with Gasteiger partial charge in [-0.1, -0.05) is 32.8 Å². The molecule has 5 atom stereocenters. The number of hydrogen-bond acceptors (Lipinski definition) is 8. The van der Waals surface area contributed by atoms with Crippen molar-refractivity contribution in [2.24, 2.45) is 0 Å². The Morgan fingerprint density at radius 3 is 2.17 bits per heavy atom. The molecular weight excluding hydrogens is 404 g/mol. The summed E-state index contributed by atoms with van der Waals surface area (Å²) in [5.41, 5.74) is 0. The van der Waals surface area contributed by atoms with E-state index in [1.807, 2.05) is 13.8 Å². The number of hydrogen-bond donors (Lipinski definition) is 0. The minimum Gasteiger partial charge on any atom is -0.470 e. The van der Waals surface area contributed by atoms with Crippen molar-refractivity contribution in [2.75, 3.05) is 26.2 Å². The van der Waals surface area contributed by atoms with Crippen LogP contribution in [0.15, 0.2) is 12.3 Å². The second-order valence-corrected chi connectivity index (χ2v) is 6.79. The standard InChI is InChI=1S/C20H33ClO8/c1-5-8-11-25-15-16(28-14(22)13-21)17(19(23)24-4)29-20(27-10-7-3)18(15)26-12-9-6-2/h7,10,15-18,20H,5-6,8-9,11-13H2,1-4H3/b10-7+/t15-,16-,17?,18?,20+/m0/s1. The molecule has 0 aromatic rings. The van der Waals surface area contributed by atoms with Crippen molar-refractivity contribution in [3.05, 3.63) is 12.3 Å². The van der Waals surface area contributed by atoms with Crippen molar-refractivity contribution in [3.63, 3.8) is 0 Å². The number of halogens is 1. The number of unbranched alkanes of at least 4 members (excludes halogenated alkanes) is 2. The molecule has 1 aliphatic rings. The lowest BCUT2D eigenvalue weighted by molar-refractivity contribution is -0.300. The van der Waals surface area contributed by atoms with Gasteiger partial charge in [-0.2, -0.15) is 0 Å². The molecule has 0 saturated carbocycles. The van der Waals surface area contributed by atoms with Gasteiger partial charge in [-0.05, 0) is 19.8 Å². The van der Waals surface area contributed by atoms with Gasteiger partial charge in [0.2, 0.25) is 6.29 Å². The van der Waals surface area contributed by atoms with Crippen molar-refractivity contribution in [1.29, 1.82) is 0 Å². The van der Waals surface area contributed by atoms with Gasteiger partial charge in [0.25, 0.3) is 0 Å². The summed E-state index contributed by atoms with van der Waals surface area (Å²) < 4.78 is 33.7. The number of carbonyl (C=O) groups is 2.